The van der Waals surface area contributed by atoms with E-state index in [0.717, 1.165) is 48.5 Å². The van der Waals surface area contributed by atoms with Crippen LogP contribution in [0.15, 0.2) is 72.8 Å². The third-order valence-electron chi connectivity index (χ3n) is 5.38. The Labute approximate surface area is 227 Å². The summed E-state index contributed by atoms with van der Waals surface area (Å²) in [7, 11) is 0. The van der Waals surface area contributed by atoms with Gasteiger partial charge in [0.15, 0.2) is 11.9 Å². The summed E-state index contributed by atoms with van der Waals surface area (Å²) < 4.78 is 177. The third-order valence-corrected chi connectivity index (χ3v) is 5.38. The van der Waals surface area contributed by atoms with Crippen molar-refractivity contribution in [2.45, 2.75) is 36.5 Å². The molecule has 0 aliphatic rings. The van der Waals surface area contributed by atoms with Crippen LogP contribution in [0.4, 0.5) is 62.8 Å². The SMILES string of the molecule is O[C@@H](CN(Oc1cccc(C(F)(F)C(F)(F)C(F)(F)F)c1)c1cccc(Oc2cccc(C(F)(F)F)c2)c1)C(F)(F)F. The van der Waals surface area contributed by atoms with Gasteiger partial charge in [-0.15, -0.1) is 0 Å². The second kappa shape index (κ2) is 11.4. The summed E-state index contributed by atoms with van der Waals surface area (Å²) in [4.78, 5) is 5.08. The lowest BCUT2D eigenvalue weighted by Crippen LogP contribution is -2.50. The molecule has 0 radical (unpaired) electrons. The number of alkyl halides is 13. The molecular weight excluding hydrogens is 609 g/mol. The van der Waals surface area contributed by atoms with Gasteiger partial charge in [0, 0.05) is 11.6 Å². The van der Waals surface area contributed by atoms with Gasteiger partial charge in [0.1, 0.15) is 11.5 Å². The molecule has 0 aliphatic heterocycles. The van der Waals surface area contributed by atoms with Gasteiger partial charge >= 0.3 is 30.4 Å². The summed E-state index contributed by atoms with van der Waals surface area (Å²) in [6.45, 7) is -1.49. The molecule has 0 aliphatic carbocycles. The van der Waals surface area contributed by atoms with Gasteiger partial charge in [-0.3, -0.25) is 0 Å². The summed E-state index contributed by atoms with van der Waals surface area (Å²) >= 11 is 0. The van der Waals surface area contributed by atoms with Gasteiger partial charge in [-0.2, -0.15) is 57.1 Å². The highest BCUT2D eigenvalue weighted by Crippen LogP contribution is 2.52. The number of hydroxylamine groups is 1. The van der Waals surface area contributed by atoms with Crippen molar-refractivity contribution in [1.29, 1.82) is 0 Å². The molecule has 0 aromatic heterocycles. The quantitative estimate of drug-likeness (QED) is 0.191. The molecule has 0 bridgehead atoms. The van der Waals surface area contributed by atoms with Crippen LogP contribution in [0, 0.1) is 0 Å². The second-order valence-corrected chi connectivity index (χ2v) is 8.51. The lowest BCUT2D eigenvalue weighted by Gasteiger charge is -2.30. The van der Waals surface area contributed by atoms with Crippen LogP contribution < -0.4 is 14.6 Å². The van der Waals surface area contributed by atoms with Crippen molar-refractivity contribution in [1.82, 2.24) is 0 Å². The number of rotatable bonds is 9. The number of aliphatic hydroxyl groups excluding tert-OH is 1. The van der Waals surface area contributed by atoms with Gasteiger partial charge in [-0.05, 0) is 42.5 Å². The van der Waals surface area contributed by atoms with E-state index >= 15 is 0 Å². The van der Waals surface area contributed by atoms with Crippen molar-refractivity contribution in [2.24, 2.45) is 0 Å². The first-order valence-corrected chi connectivity index (χ1v) is 11.2. The molecule has 0 amide bonds. The minimum absolute atomic E-state index is 0.0234. The average Bonchev–Trinajstić information content (AvgIpc) is 2.87. The van der Waals surface area contributed by atoms with E-state index in [1.807, 2.05) is 0 Å². The zero-order chi connectivity index (χ0) is 31.7. The number of aliphatic hydroxyl groups is 1. The fraction of sp³-hybridized carbons (Fsp3) is 0.280. The molecule has 3 aromatic rings. The van der Waals surface area contributed by atoms with Gasteiger partial charge in [0.25, 0.3) is 0 Å². The van der Waals surface area contributed by atoms with E-state index in [-0.39, 0.29) is 28.7 Å². The zero-order valence-corrected chi connectivity index (χ0v) is 20.3. The topological polar surface area (TPSA) is 41.9 Å². The van der Waals surface area contributed by atoms with Crippen LogP contribution in [0.1, 0.15) is 11.1 Å². The van der Waals surface area contributed by atoms with Crippen molar-refractivity contribution >= 4 is 5.69 Å². The number of nitrogens with zero attached hydrogens (tertiary/aromatic N) is 1. The normalized spacial score (nSPS) is 14.0. The van der Waals surface area contributed by atoms with Crippen LogP contribution in [0.3, 0.4) is 0 Å². The Bertz CT molecular complexity index is 1370. The summed E-state index contributed by atoms with van der Waals surface area (Å²) in [5.74, 6) is -14.0. The van der Waals surface area contributed by atoms with Gasteiger partial charge in [0.05, 0.1) is 17.8 Å². The zero-order valence-electron chi connectivity index (χ0n) is 20.3. The van der Waals surface area contributed by atoms with Crippen molar-refractivity contribution in [2.75, 3.05) is 11.6 Å². The van der Waals surface area contributed by atoms with Crippen LogP contribution in [0.25, 0.3) is 0 Å². The Hall–Kier alpha value is -3.89. The molecule has 3 rings (SSSR count). The van der Waals surface area contributed by atoms with Crippen LogP contribution in [-0.4, -0.2) is 36.0 Å². The summed E-state index contributed by atoms with van der Waals surface area (Å²) in [5.41, 5.74) is -3.43. The summed E-state index contributed by atoms with van der Waals surface area (Å²) in [6, 6.07) is 9.19. The fourth-order valence-electron chi connectivity index (χ4n) is 3.26. The van der Waals surface area contributed by atoms with E-state index in [4.69, 9.17) is 9.57 Å². The number of ether oxygens (including phenoxy) is 1. The molecule has 0 saturated heterocycles. The standard InChI is InChI=1S/C25H16F13NO3/c26-21(27,24(34,35)25(36,37)38)14-4-1-9-19(10-14)42-39(13-20(40)23(31,32)33)16-6-3-8-18(12-16)41-17-7-2-5-15(11-17)22(28,29)30/h1-12,20,40H,13H2/t20-/m0/s1. The highest BCUT2D eigenvalue weighted by molar-refractivity contribution is 5.51. The Morgan fingerprint density at radius 1 is 0.643 bits per heavy atom. The number of halogens is 13. The van der Waals surface area contributed by atoms with Crippen molar-refractivity contribution in [3.63, 3.8) is 0 Å². The molecule has 42 heavy (non-hydrogen) atoms. The first kappa shape index (κ1) is 32.6. The Morgan fingerprint density at radius 2 is 1.14 bits per heavy atom. The maximum absolute atomic E-state index is 14.2. The van der Waals surface area contributed by atoms with E-state index in [1.54, 1.807) is 0 Å². The minimum Gasteiger partial charge on any atom is -0.457 e. The third kappa shape index (κ3) is 7.30. The minimum atomic E-state index is -6.67. The molecule has 3 aromatic carbocycles. The molecule has 4 nitrogen and oxygen atoms in total. The first-order chi connectivity index (χ1) is 19.1. The molecule has 0 fully saturated rings. The largest absolute Gasteiger partial charge is 0.460 e. The van der Waals surface area contributed by atoms with E-state index in [9.17, 15) is 62.2 Å². The predicted octanol–water partition coefficient (Wildman–Crippen LogP) is 8.51. The molecular formula is C25H16F13NO3. The van der Waals surface area contributed by atoms with Crippen molar-refractivity contribution in [3.05, 3.63) is 83.9 Å². The molecule has 0 saturated carbocycles. The molecule has 17 heteroatoms. The van der Waals surface area contributed by atoms with Crippen LogP contribution >= 0.6 is 0 Å². The monoisotopic (exact) mass is 625 g/mol. The van der Waals surface area contributed by atoms with Crippen LogP contribution in [0.5, 0.6) is 17.2 Å². The van der Waals surface area contributed by atoms with Gasteiger partial charge in [-0.25, -0.2) is 5.06 Å². The van der Waals surface area contributed by atoms with E-state index in [0.29, 0.717) is 12.1 Å². The van der Waals surface area contributed by atoms with E-state index < -0.39 is 65.6 Å². The molecule has 1 atom stereocenters. The van der Waals surface area contributed by atoms with E-state index in [2.05, 4.69) is 0 Å². The summed E-state index contributed by atoms with van der Waals surface area (Å²) in [6.07, 6.45) is -19.8. The molecule has 0 heterocycles. The second-order valence-electron chi connectivity index (χ2n) is 8.51. The number of hydrogen-bond acceptors (Lipinski definition) is 4. The lowest BCUT2D eigenvalue weighted by molar-refractivity contribution is -0.359. The first-order valence-electron chi connectivity index (χ1n) is 11.2. The van der Waals surface area contributed by atoms with Crippen molar-refractivity contribution < 1.29 is 71.8 Å². The highest BCUT2D eigenvalue weighted by Gasteiger charge is 2.73. The number of anilines is 1. The maximum atomic E-state index is 14.2. The molecule has 0 unspecified atom stereocenters. The Kier molecular flexibility index (Phi) is 8.87. The fourth-order valence-corrected chi connectivity index (χ4v) is 3.26. The average molecular weight is 625 g/mol. The molecule has 0 spiro atoms. The van der Waals surface area contributed by atoms with Gasteiger partial charge in [-0.1, -0.05) is 24.3 Å². The van der Waals surface area contributed by atoms with Crippen molar-refractivity contribution in [3.8, 4) is 17.2 Å². The van der Waals surface area contributed by atoms with Gasteiger partial charge < -0.3 is 14.7 Å². The maximum Gasteiger partial charge on any atom is 0.460 e. The van der Waals surface area contributed by atoms with Gasteiger partial charge in [0.2, 0.25) is 0 Å². The Morgan fingerprint density at radius 3 is 1.69 bits per heavy atom. The highest BCUT2D eigenvalue weighted by atomic mass is 19.4. The summed E-state index contributed by atoms with van der Waals surface area (Å²) in [5, 5.41) is 9.79. The number of hydrogen-bond donors (Lipinski definition) is 1. The smallest absolute Gasteiger partial charge is 0.457 e. The Balaban J connectivity index is 1.97. The lowest BCUT2D eigenvalue weighted by atomic mass is 10.0. The number of benzene rings is 3. The van der Waals surface area contributed by atoms with Crippen LogP contribution in [-0.2, 0) is 12.1 Å². The molecule has 230 valence electrons. The van der Waals surface area contributed by atoms with E-state index in [1.165, 1.54) is 0 Å². The van der Waals surface area contributed by atoms with Crippen LogP contribution in [0.2, 0.25) is 0 Å². The predicted molar refractivity (Wildman–Crippen MR) is 119 cm³/mol. The molecule has 1 N–H and O–H groups in total.